The molecule has 8 heteroatoms. The van der Waals surface area contributed by atoms with Crippen LogP contribution in [0.5, 0.6) is 0 Å². The van der Waals surface area contributed by atoms with Crippen LogP contribution in [0, 0.1) is 13.8 Å². The molecule has 0 saturated carbocycles. The van der Waals surface area contributed by atoms with E-state index >= 15 is 0 Å². The highest BCUT2D eigenvalue weighted by molar-refractivity contribution is 5.46. The Morgan fingerprint density at radius 2 is 1.38 bits per heavy atom. The predicted molar refractivity (Wildman–Crippen MR) is 72.7 cm³/mol. The van der Waals surface area contributed by atoms with Gasteiger partial charge in [0.2, 0.25) is 5.41 Å². The van der Waals surface area contributed by atoms with Crippen LogP contribution in [-0.4, -0.2) is 12.4 Å². The molecule has 1 aliphatic heterocycles. The Labute approximate surface area is 133 Å². The topological polar surface area (TPSA) is 9.23 Å². The van der Waals surface area contributed by atoms with Crippen molar-refractivity contribution < 1.29 is 35.5 Å². The first kappa shape index (κ1) is 18.4. The molecule has 0 N–H and O–H groups in total. The third-order valence-corrected chi connectivity index (χ3v) is 3.78. The van der Waals surface area contributed by atoms with Crippen molar-refractivity contribution >= 4 is 0 Å². The quantitative estimate of drug-likeness (QED) is 0.612. The normalized spacial score (nSPS) is 16.4. The molecule has 0 unspecified atom stereocenters. The number of allylic oxidation sites excluding steroid dienone is 2. The molecule has 0 amide bonds. The van der Waals surface area contributed by atoms with Gasteiger partial charge in [0.25, 0.3) is 6.01 Å². The van der Waals surface area contributed by atoms with Gasteiger partial charge in [0.05, 0.1) is 6.26 Å². The zero-order valence-corrected chi connectivity index (χ0v) is 12.6. The van der Waals surface area contributed by atoms with Crippen molar-refractivity contribution in [3.05, 3.63) is 58.8 Å². The molecule has 0 atom stereocenters. The van der Waals surface area contributed by atoms with E-state index in [2.05, 4.69) is 4.74 Å². The molecule has 24 heavy (non-hydrogen) atoms. The van der Waals surface area contributed by atoms with E-state index < -0.39 is 41.3 Å². The van der Waals surface area contributed by atoms with Gasteiger partial charge in [-0.05, 0) is 31.9 Å². The molecule has 0 spiro atoms. The van der Waals surface area contributed by atoms with Gasteiger partial charge in [-0.2, -0.15) is 30.7 Å². The van der Waals surface area contributed by atoms with Gasteiger partial charge >= 0.3 is 12.4 Å². The van der Waals surface area contributed by atoms with Gasteiger partial charge in [0.15, 0.2) is 0 Å². The smallest absolute Gasteiger partial charge is 0.411 e. The van der Waals surface area contributed by atoms with Crippen molar-refractivity contribution in [3.8, 4) is 0 Å². The number of halogens is 7. The third-order valence-electron chi connectivity index (χ3n) is 3.78. The second-order valence-electron chi connectivity index (χ2n) is 5.57. The Hall–Kier alpha value is -1.99. The number of hydrogen-bond donors (Lipinski definition) is 0. The fourth-order valence-electron chi connectivity index (χ4n) is 2.92. The van der Waals surface area contributed by atoms with E-state index in [1.54, 1.807) is 0 Å². The second-order valence-corrected chi connectivity index (χ2v) is 5.57. The molecule has 0 aliphatic carbocycles. The molecule has 1 aromatic rings. The number of benzene rings is 1. The Morgan fingerprint density at radius 3 is 1.79 bits per heavy atom. The van der Waals surface area contributed by atoms with Crippen LogP contribution in [0.2, 0.25) is 0 Å². The van der Waals surface area contributed by atoms with E-state index in [0.717, 1.165) is 24.5 Å². The van der Waals surface area contributed by atoms with Crippen molar-refractivity contribution in [3.63, 3.8) is 0 Å². The van der Waals surface area contributed by atoms with Crippen LogP contribution < -0.4 is 0 Å². The lowest BCUT2D eigenvalue weighted by molar-refractivity contribution is -0.291. The Kier molecular flexibility index (Phi) is 4.45. The van der Waals surface area contributed by atoms with Crippen LogP contribution in [0.1, 0.15) is 23.1 Å². The summed E-state index contributed by atoms with van der Waals surface area (Å²) in [6, 6.07) is 1.09. The molecule has 0 aromatic heterocycles. The van der Waals surface area contributed by atoms with Crippen molar-refractivity contribution in [2.75, 3.05) is 0 Å². The number of hydrogen-bond acceptors (Lipinski definition) is 1. The molecule has 1 aliphatic rings. The summed E-state index contributed by atoms with van der Waals surface area (Å²) in [4.78, 5) is 0. The predicted octanol–water partition coefficient (Wildman–Crippen LogP) is 5.78. The van der Waals surface area contributed by atoms with Gasteiger partial charge in [-0.25, -0.2) is 0 Å². The first-order valence-corrected chi connectivity index (χ1v) is 6.84. The molecule has 0 fully saturated rings. The van der Waals surface area contributed by atoms with Crippen molar-refractivity contribution in [1.82, 2.24) is 0 Å². The van der Waals surface area contributed by atoms with Gasteiger partial charge in [0.1, 0.15) is 0 Å². The molecule has 1 heterocycles. The summed E-state index contributed by atoms with van der Waals surface area (Å²) in [5.41, 5.74) is -6.66. The number of aryl methyl sites for hydroxylation is 2. The molecule has 0 bridgehead atoms. The van der Waals surface area contributed by atoms with Crippen LogP contribution in [0.25, 0.3) is 0 Å². The summed E-state index contributed by atoms with van der Waals surface area (Å²) >= 11 is 0. The fourth-order valence-corrected chi connectivity index (χ4v) is 2.92. The first-order chi connectivity index (χ1) is 10.9. The monoisotopic (exact) mass is 354 g/mol. The summed E-state index contributed by atoms with van der Waals surface area (Å²) < 4.78 is 101. The summed E-state index contributed by atoms with van der Waals surface area (Å²) in [6.07, 6.45) is -10.9. The summed E-state index contributed by atoms with van der Waals surface area (Å²) in [5, 5.41) is 0. The Balaban J connectivity index is 2.93. The van der Waals surface area contributed by atoms with Crippen molar-refractivity contribution in [2.24, 2.45) is 0 Å². The standard InChI is InChI=1S/C16H13F7O/c1-9-6-10(2)8-11(7-9)14(15(18,19)20,16(21,22)23)12-4-3-5-24-13(12)17/h3,5-8H,4H2,1-2H3. The first-order valence-electron chi connectivity index (χ1n) is 6.84. The molecule has 1 nitrogen and oxygen atoms in total. The van der Waals surface area contributed by atoms with Gasteiger partial charge in [-0.1, -0.05) is 29.3 Å². The number of alkyl halides is 6. The molecule has 0 saturated heterocycles. The Morgan fingerprint density at radius 1 is 0.875 bits per heavy atom. The average Bonchev–Trinajstić information content (AvgIpc) is 2.37. The molecular formula is C16H13F7O. The van der Waals surface area contributed by atoms with E-state index in [9.17, 15) is 30.7 Å². The lowest BCUT2D eigenvalue weighted by Gasteiger charge is -2.40. The molecule has 1 aromatic carbocycles. The lowest BCUT2D eigenvalue weighted by atomic mass is 9.70. The van der Waals surface area contributed by atoms with Crippen LogP contribution >= 0.6 is 0 Å². The number of ether oxygens (including phenoxy) is 1. The second kappa shape index (κ2) is 5.82. The minimum atomic E-state index is -5.81. The third kappa shape index (κ3) is 2.78. The lowest BCUT2D eigenvalue weighted by Crippen LogP contribution is -2.55. The zero-order chi connectivity index (χ0) is 18.3. The van der Waals surface area contributed by atoms with E-state index in [0.29, 0.717) is 0 Å². The van der Waals surface area contributed by atoms with Crippen LogP contribution in [0.15, 0.2) is 42.1 Å². The zero-order valence-electron chi connectivity index (χ0n) is 12.6. The van der Waals surface area contributed by atoms with E-state index in [-0.39, 0.29) is 11.1 Å². The molecule has 132 valence electrons. The maximum atomic E-state index is 13.9. The van der Waals surface area contributed by atoms with Crippen molar-refractivity contribution in [2.45, 2.75) is 38.0 Å². The maximum Gasteiger partial charge on any atom is 0.411 e. The minimum absolute atomic E-state index is 0.205. The van der Waals surface area contributed by atoms with E-state index in [4.69, 9.17) is 0 Å². The summed E-state index contributed by atoms with van der Waals surface area (Å²) in [7, 11) is 0. The highest BCUT2D eigenvalue weighted by Gasteiger charge is 2.74. The molecule has 0 radical (unpaired) electrons. The van der Waals surface area contributed by atoms with Gasteiger partial charge in [-0.3, -0.25) is 0 Å². The highest BCUT2D eigenvalue weighted by Crippen LogP contribution is 2.58. The summed E-state index contributed by atoms with van der Waals surface area (Å²) in [6.45, 7) is 2.74. The van der Waals surface area contributed by atoms with Crippen LogP contribution in [0.4, 0.5) is 30.7 Å². The largest absolute Gasteiger partial charge is 0.440 e. The maximum absolute atomic E-state index is 13.9. The minimum Gasteiger partial charge on any atom is -0.440 e. The number of rotatable bonds is 2. The van der Waals surface area contributed by atoms with Gasteiger partial charge in [-0.15, -0.1) is 0 Å². The van der Waals surface area contributed by atoms with Crippen LogP contribution in [0.3, 0.4) is 0 Å². The fraction of sp³-hybridized carbons (Fsp3) is 0.375. The van der Waals surface area contributed by atoms with Crippen LogP contribution in [-0.2, 0) is 10.2 Å². The molecular weight excluding hydrogens is 341 g/mol. The van der Waals surface area contributed by atoms with Gasteiger partial charge < -0.3 is 4.74 Å². The van der Waals surface area contributed by atoms with Crippen molar-refractivity contribution in [1.29, 1.82) is 0 Å². The summed E-state index contributed by atoms with van der Waals surface area (Å²) in [5.74, 6) is 0. The van der Waals surface area contributed by atoms with Gasteiger partial charge in [0, 0.05) is 5.57 Å². The Bertz CT molecular complexity index is 661. The average molecular weight is 354 g/mol. The molecule has 2 rings (SSSR count). The van der Waals surface area contributed by atoms with E-state index in [1.807, 2.05) is 0 Å². The van der Waals surface area contributed by atoms with E-state index in [1.165, 1.54) is 19.9 Å². The SMILES string of the molecule is Cc1cc(C)cc(C(C2=C(F)OC=CC2)(C(F)(F)F)C(F)(F)F)c1. The highest BCUT2D eigenvalue weighted by atomic mass is 19.4.